The van der Waals surface area contributed by atoms with Crippen molar-refractivity contribution < 1.29 is 19.1 Å². The maximum Gasteiger partial charge on any atom is 0.338 e. The molecule has 1 atom stereocenters. The topological polar surface area (TPSA) is 89.7 Å². The van der Waals surface area contributed by atoms with Crippen molar-refractivity contribution in [2.24, 2.45) is 11.7 Å². The van der Waals surface area contributed by atoms with Crippen molar-refractivity contribution in [3.05, 3.63) is 28.2 Å². The lowest BCUT2D eigenvalue weighted by Gasteiger charge is -2.18. The van der Waals surface area contributed by atoms with E-state index in [9.17, 15) is 14.4 Å². The molecule has 0 bridgehead atoms. The number of anilines is 1. The summed E-state index contributed by atoms with van der Waals surface area (Å²) in [6.45, 7) is 2.28. The van der Waals surface area contributed by atoms with Crippen LogP contribution in [-0.4, -0.2) is 30.9 Å². The first kappa shape index (κ1) is 15.5. The molecule has 2 N–H and O–H groups in total. The summed E-state index contributed by atoms with van der Waals surface area (Å²) in [5.74, 6) is -1.55. The largest absolute Gasteiger partial charge is 0.462 e. The zero-order valence-corrected chi connectivity index (χ0v) is 13.1. The molecule has 7 heteroatoms. The van der Waals surface area contributed by atoms with E-state index in [2.05, 4.69) is 15.9 Å². The molecular formula is C14H15BrN2O4. The second kappa shape index (κ2) is 6.26. The van der Waals surface area contributed by atoms with Gasteiger partial charge in [-0.2, -0.15) is 0 Å². The number of nitrogens with two attached hydrogens (primary N) is 1. The van der Waals surface area contributed by atoms with Gasteiger partial charge < -0.3 is 15.4 Å². The van der Waals surface area contributed by atoms with Crippen molar-refractivity contribution in [3.63, 3.8) is 0 Å². The minimum atomic E-state index is -0.481. The third-order valence-corrected chi connectivity index (χ3v) is 3.91. The predicted octanol–water partition coefficient (Wildman–Crippen LogP) is 1.46. The Morgan fingerprint density at radius 2 is 2.19 bits per heavy atom. The highest BCUT2D eigenvalue weighted by Gasteiger charge is 2.34. The number of amides is 2. The summed E-state index contributed by atoms with van der Waals surface area (Å²) in [5.41, 5.74) is 6.25. The fourth-order valence-electron chi connectivity index (χ4n) is 2.20. The number of primary amides is 1. The van der Waals surface area contributed by atoms with Gasteiger partial charge in [0.05, 0.1) is 23.8 Å². The van der Waals surface area contributed by atoms with Gasteiger partial charge in [-0.1, -0.05) is 0 Å². The van der Waals surface area contributed by atoms with Gasteiger partial charge in [-0.3, -0.25) is 9.59 Å². The molecule has 0 radical (unpaired) electrons. The lowest BCUT2D eigenvalue weighted by Crippen LogP contribution is -2.28. The summed E-state index contributed by atoms with van der Waals surface area (Å²) in [4.78, 5) is 36.3. The highest BCUT2D eigenvalue weighted by molar-refractivity contribution is 9.10. The van der Waals surface area contributed by atoms with E-state index in [1.165, 1.54) is 4.90 Å². The molecule has 0 aromatic heterocycles. The lowest BCUT2D eigenvalue weighted by atomic mass is 10.1. The van der Waals surface area contributed by atoms with Crippen LogP contribution in [0.1, 0.15) is 23.7 Å². The summed E-state index contributed by atoms with van der Waals surface area (Å²) in [5, 5.41) is 0. The summed E-state index contributed by atoms with van der Waals surface area (Å²) in [6, 6.07) is 4.83. The first-order chi connectivity index (χ1) is 9.93. The summed E-state index contributed by atoms with van der Waals surface area (Å²) in [6.07, 6.45) is 0.113. The monoisotopic (exact) mass is 354 g/mol. The molecule has 1 aliphatic rings. The predicted molar refractivity (Wildman–Crippen MR) is 79.8 cm³/mol. The molecule has 2 amide bonds. The van der Waals surface area contributed by atoms with Crippen LogP contribution in [0.2, 0.25) is 0 Å². The van der Waals surface area contributed by atoms with E-state index < -0.39 is 17.8 Å². The molecule has 0 spiro atoms. The zero-order valence-electron chi connectivity index (χ0n) is 11.5. The molecule has 1 aromatic carbocycles. The minimum absolute atomic E-state index is 0.113. The van der Waals surface area contributed by atoms with Gasteiger partial charge in [0.1, 0.15) is 0 Å². The van der Waals surface area contributed by atoms with E-state index in [1.54, 1.807) is 25.1 Å². The van der Waals surface area contributed by atoms with E-state index in [4.69, 9.17) is 10.5 Å². The quantitative estimate of drug-likeness (QED) is 0.828. The molecule has 1 heterocycles. The smallest absolute Gasteiger partial charge is 0.338 e. The Morgan fingerprint density at radius 1 is 1.48 bits per heavy atom. The number of rotatable bonds is 4. The van der Waals surface area contributed by atoms with Crippen LogP contribution in [0.4, 0.5) is 5.69 Å². The van der Waals surface area contributed by atoms with Gasteiger partial charge in [0.2, 0.25) is 11.8 Å². The number of nitrogens with zero attached hydrogens (tertiary/aromatic N) is 1. The SMILES string of the molecule is CCOC(=O)c1ccc(N2CC(C(N)=O)CC2=O)c(Br)c1. The van der Waals surface area contributed by atoms with E-state index in [0.29, 0.717) is 22.3 Å². The van der Waals surface area contributed by atoms with Crippen molar-refractivity contribution in [1.29, 1.82) is 0 Å². The molecule has 1 aromatic rings. The Balaban J connectivity index is 2.24. The molecular weight excluding hydrogens is 340 g/mol. The Bertz CT molecular complexity index is 603. The van der Waals surface area contributed by atoms with Crippen molar-refractivity contribution in [1.82, 2.24) is 0 Å². The molecule has 1 saturated heterocycles. The van der Waals surface area contributed by atoms with Crippen molar-refractivity contribution in [2.75, 3.05) is 18.1 Å². The number of hydrogen-bond acceptors (Lipinski definition) is 4. The third-order valence-electron chi connectivity index (χ3n) is 3.28. The Kier molecular flexibility index (Phi) is 4.62. The maximum absolute atomic E-state index is 12.0. The molecule has 1 fully saturated rings. The van der Waals surface area contributed by atoms with Crippen LogP contribution >= 0.6 is 15.9 Å². The molecule has 1 aliphatic heterocycles. The standard InChI is InChI=1S/C14H15BrN2O4/c1-2-21-14(20)8-3-4-11(10(15)5-8)17-7-9(13(16)19)6-12(17)18/h3-5,9H,2,6-7H2,1H3,(H2,16,19). The average molecular weight is 355 g/mol. The Hall–Kier alpha value is -1.89. The lowest BCUT2D eigenvalue weighted by molar-refractivity contribution is -0.123. The van der Waals surface area contributed by atoms with Crippen LogP contribution in [0, 0.1) is 5.92 Å². The second-order valence-electron chi connectivity index (χ2n) is 4.69. The summed E-state index contributed by atoms with van der Waals surface area (Å²) >= 11 is 3.34. The van der Waals surface area contributed by atoms with Crippen LogP contribution in [0.5, 0.6) is 0 Å². The molecule has 1 unspecified atom stereocenters. The Labute approximate surface area is 130 Å². The first-order valence-corrected chi connectivity index (χ1v) is 7.29. The number of benzene rings is 1. The molecule has 0 aliphatic carbocycles. The molecule has 21 heavy (non-hydrogen) atoms. The average Bonchev–Trinajstić information content (AvgIpc) is 2.81. The summed E-state index contributed by atoms with van der Waals surface area (Å²) in [7, 11) is 0. The number of esters is 1. The van der Waals surface area contributed by atoms with Crippen molar-refractivity contribution in [3.8, 4) is 0 Å². The molecule has 2 rings (SSSR count). The maximum atomic E-state index is 12.0. The number of carbonyl (C=O) groups excluding carboxylic acids is 3. The van der Waals surface area contributed by atoms with Gasteiger partial charge in [0, 0.05) is 17.4 Å². The molecule has 112 valence electrons. The van der Waals surface area contributed by atoms with Crippen LogP contribution in [0.15, 0.2) is 22.7 Å². The van der Waals surface area contributed by atoms with Gasteiger partial charge >= 0.3 is 5.97 Å². The van der Waals surface area contributed by atoms with Crippen LogP contribution in [0.3, 0.4) is 0 Å². The van der Waals surface area contributed by atoms with Crippen molar-refractivity contribution >= 4 is 39.4 Å². The number of ether oxygens (including phenoxy) is 1. The van der Waals surface area contributed by atoms with Gasteiger partial charge in [0.15, 0.2) is 0 Å². The third kappa shape index (κ3) is 3.24. The molecule has 0 saturated carbocycles. The van der Waals surface area contributed by atoms with Crippen LogP contribution in [0.25, 0.3) is 0 Å². The van der Waals surface area contributed by atoms with Gasteiger partial charge in [-0.25, -0.2) is 4.79 Å². The highest BCUT2D eigenvalue weighted by atomic mass is 79.9. The van der Waals surface area contributed by atoms with Gasteiger partial charge in [0.25, 0.3) is 0 Å². The van der Waals surface area contributed by atoms with Crippen LogP contribution < -0.4 is 10.6 Å². The van der Waals surface area contributed by atoms with Gasteiger partial charge in [-0.05, 0) is 41.1 Å². The van der Waals surface area contributed by atoms with E-state index in [0.717, 1.165) is 0 Å². The Morgan fingerprint density at radius 3 is 2.71 bits per heavy atom. The fraction of sp³-hybridized carbons (Fsp3) is 0.357. The van der Waals surface area contributed by atoms with Crippen LogP contribution in [-0.2, 0) is 14.3 Å². The molecule has 6 nitrogen and oxygen atoms in total. The summed E-state index contributed by atoms with van der Waals surface area (Å²) < 4.78 is 5.51. The normalized spacial score (nSPS) is 17.9. The second-order valence-corrected chi connectivity index (χ2v) is 5.55. The van der Waals surface area contributed by atoms with Gasteiger partial charge in [-0.15, -0.1) is 0 Å². The van der Waals surface area contributed by atoms with Crippen molar-refractivity contribution in [2.45, 2.75) is 13.3 Å². The first-order valence-electron chi connectivity index (χ1n) is 6.50. The number of carbonyl (C=O) groups is 3. The van der Waals surface area contributed by atoms with E-state index in [1.807, 2.05) is 0 Å². The number of halogens is 1. The highest BCUT2D eigenvalue weighted by Crippen LogP contribution is 2.32. The zero-order chi connectivity index (χ0) is 15.6. The fourth-order valence-corrected chi connectivity index (χ4v) is 2.79. The minimum Gasteiger partial charge on any atom is -0.462 e. The van der Waals surface area contributed by atoms with E-state index >= 15 is 0 Å². The van der Waals surface area contributed by atoms with E-state index in [-0.39, 0.29) is 18.9 Å². The number of hydrogen-bond donors (Lipinski definition) is 1.